The van der Waals surface area contributed by atoms with Gasteiger partial charge in [-0.25, -0.2) is 4.79 Å². The van der Waals surface area contributed by atoms with Crippen LogP contribution in [0.15, 0.2) is 18.2 Å². The number of carbonyl (C=O) groups excluding carboxylic acids is 3. The van der Waals surface area contributed by atoms with E-state index in [1.54, 1.807) is 25.7 Å². The molecule has 0 radical (unpaired) electrons. The largest absolute Gasteiger partial charge is 0.471 e. The van der Waals surface area contributed by atoms with Crippen molar-refractivity contribution in [2.45, 2.75) is 57.6 Å². The van der Waals surface area contributed by atoms with Crippen LogP contribution >= 0.6 is 0 Å². The minimum Gasteiger partial charge on any atom is -0.456 e. The first-order valence-electron chi connectivity index (χ1n) is 12.0. The van der Waals surface area contributed by atoms with Crippen LogP contribution in [-0.4, -0.2) is 86.1 Å². The number of ether oxygens (including phenoxy) is 2. The smallest absolute Gasteiger partial charge is 0.456 e. The van der Waals surface area contributed by atoms with Crippen molar-refractivity contribution in [1.82, 2.24) is 4.90 Å². The fourth-order valence-corrected chi connectivity index (χ4v) is 4.32. The third kappa shape index (κ3) is 7.08. The molecular formula is C24H29F6N3O5. The third-order valence-corrected chi connectivity index (χ3v) is 6.05. The van der Waals surface area contributed by atoms with Crippen molar-refractivity contribution >= 4 is 29.2 Å². The second kappa shape index (κ2) is 11.0. The standard InChI is InChI=1S/C24H29F6N3O5/c1-22(2,3)38-19(34)17-5-4-16(31-8-10-32(11-9-31)20(35)23(25,26)27)14-18(17)33(21(36)24(28,29)30)15-6-12-37-13-7-15/h4-5,14-15H,6-13H2,1-3H3. The molecule has 1 aromatic carbocycles. The highest BCUT2D eigenvalue weighted by Crippen LogP contribution is 2.35. The van der Waals surface area contributed by atoms with Crippen LogP contribution in [0.25, 0.3) is 0 Å². The Morgan fingerprint density at radius 1 is 0.921 bits per heavy atom. The molecule has 2 heterocycles. The summed E-state index contributed by atoms with van der Waals surface area (Å²) < 4.78 is 90.2. The lowest BCUT2D eigenvalue weighted by atomic mass is 10.0. The lowest BCUT2D eigenvalue weighted by Crippen LogP contribution is -2.52. The number of benzene rings is 1. The molecule has 2 saturated heterocycles. The molecule has 14 heteroatoms. The lowest BCUT2D eigenvalue weighted by Gasteiger charge is -2.38. The fourth-order valence-electron chi connectivity index (χ4n) is 4.32. The normalized spacial score (nSPS) is 17.8. The van der Waals surface area contributed by atoms with Crippen LogP contribution in [-0.2, 0) is 19.1 Å². The predicted octanol–water partition coefficient (Wildman–Crippen LogP) is 3.93. The molecule has 2 amide bonds. The predicted molar refractivity (Wildman–Crippen MR) is 124 cm³/mol. The van der Waals surface area contributed by atoms with Crippen molar-refractivity contribution in [3.05, 3.63) is 23.8 Å². The number of hydrogen-bond donors (Lipinski definition) is 0. The summed E-state index contributed by atoms with van der Waals surface area (Å²) in [7, 11) is 0. The summed E-state index contributed by atoms with van der Waals surface area (Å²) in [6.45, 7) is 4.34. The molecule has 0 spiro atoms. The lowest BCUT2D eigenvalue weighted by molar-refractivity contribution is -0.185. The van der Waals surface area contributed by atoms with Crippen LogP contribution in [0.3, 0.4) is 0 Å². The number of nitrogens with zero attached hydrogens (tertiary/aromatic N) is 3. The molecule has 212 valence electrons. The van der Waals surface area contributed by atoms with Gasteiger partial charge in [0.05, 0.1) is 11.3 Å². The summed E-state index contributed by atoms with van der Waals surface area (Å²) in [5, 5.41) is 0. The van der Waals surface area contributed by atoms with Gasteiger partial charge in [-0.1, -0.05) is 0 Å². The highest BCUT2D eigenvalue weighted by Gasteiger charge is 2.47. The van der Waals surface area contributed by atoms with E-state index in [0.717, 1.165) is 0 Å². The molecule has 0 aliphatic carbocycles. The second-order valence-electron chi connectivity index (χ2n) is 10.00. The maximum absolute atomic E-state index is 13.7. The molecule has 2 aliphatic heterocycles. The average Bonchev–Trinajstić information content (AvgIpc) is 2.82. The highest BCUT2D eigenvalue weighted by atomic mass is 19.4. The number of esters is 1. The zero-order valence-electron chi connectivity index (χ0n) is 21.1. The Kier molecular flexibility index (Phi) is 8.54. The van der Waals surface area contributed by atoms with E-state index < -0.39 is 41.8 Å². The molecule has 0 bridgehead atoms. The Morgan fingerprint density at radius 3 is 2.00 bits per heavy atom. The van der Waals surface area contributed by atoms with E-state index in [1.165, 1.54) is 18.2 Å². The molecule has 1 aromatic rings. The van der Waals surface area contributed by atoms with Crippen molar-refractivity contribution in [3.63, 3.8) is 0 Å². The Hall–Kier alpha value is -3.03. The van der Waals surface area contributed by atoms with E-state index in [4.69, 9.17) is 9.47 Å². The molecule has 0 atom stereocenters. The van der Waals surface area contributed by atoms with Crippen LogP contribution in [0.2, 0.25) is 0 Å². The van der Waals surface area contributed by atoms with E-state index in [9.17, 15) is 40.7 Å². The maximum atomic E-state index is 13.7. The minimum absolute atomic E-state index is 0.0441. The van der Waals surface area contributed by atoms with Crippen molar-refractivity contribution in [3.8, 4) is 0 Å². The molecule has 2 fully saturated rings. The average molecular weight is 554 g/mol. The zero-order valence-corrected chi connectivity index (χ0v) is 21.1. The van der Waals surface area contributed by atoms with Crippen molar-refractivity contribution in [2.24, 2.45) is 0 Å². The van der Waals surface area contributed by atoms with Crippen LogP contribution in [0.4, 0.5) is 37.7 Å². The monoisotopic (exact) mass is 553 g/mol. The van der Waals surface area contributed by atoms with Crippen molar-refractivity contribution in [1.29, 1.82) is 0 Å². The van der Waals surface area contributed by atoms with Gasteiger partial charge in [0.15, 0.2) is 0 Å². The number of halogens is 6. The Morgan fingerprint density at radius 2 is 1.50 bits per heavy atom. The first-order valence-corrected chi connectivity index (χ1v) is 12.0. The van der Waals surface area contributed by atoms with Gasteiger partial charge in [-0.2, -0.15) is 26.3 Å². The quantitative estimate of drug-likeness (QED) is 0.416. The Balaban J connectivity index is 2.02. The van der Waals surface area contributed by atoms with E-state index in [-0.39, 0.29) is 69.2 Å². The van der Waals surface area contributed by atoms with Gasteiger partial charge in [0.2, 0.25) is 0 Å². The number of amides is 2. The third-order valence-electron chi connectivity index (χ3n) is 6.05. The van der Waals surface area contributed by atoms with Gasteiger partial charge in [0.25, 0.3) is 0 Å². The van der Waals surface area contributed by atoms with Crippen LogP contribution in [0.1, 0.15) is 44.0 Å². The number of carbonyl (C=O) groups is 3. The molecule has 2 aliphatic rings. The topological polar surface area (TPSA) is 79.4 Å². The maximum Gasteiger partial charge on any atom is 0.471 e. The Bertz CT molecular complexity index is 1040. The van der Waals surface area contributed by atoms with Gasteiger partial charge in [-0.15, -0.1) is 0 Å². The number of hydrogen-bond acceptors (Lipinski definition) is 6. The molecule has 3 rings (SSSR count). The van der Waals surface area contributed by atoms with Gasteiger partial charge in [-0.3, -0.25) is 9.59 Å². The second-order valence-corrected chi connectivity index (χ2v) is 10.00. The fraction of sp³-hybridized carbons (Fsp3) is 0.625. The van der Waals surface area contributed by atoms with Gasteiger partial charge in [0, 0.05) is 51.1 Å². The van der Waals surface area contributed by atoms with Crippen LogP contribution < -0.4 is 9.80 Å². The van der Waals surface area contributed by atoms with Gasteiger partial charge in [0.1, 0.15) is 5.60 Å². The van der Waals surface area contributed by atoms with E-state index in [1.807, 2.05) is 0 Å². The van der Waals surface area contributed by atoms with Gasteiger partial charge in [-0.05, 0) is 51.8 Å². The molecular weight excluding hydrogens is 524 g/mol. The van der Waals surface area contributed by atoms with Crippen LogP contribution in [0.5, 0.6) is 0 Å². The zero-order chi connectivity index (χ0) is 28.5. The molecule has 8 nitrogen and oxygen atoms in total. The molecule has 0 aromatic heterocycles. The van der Waals surface area contributed by atoms with Crippen molar-refractivity contribution in [2.75, 3.05) is 49.2 Å². The van der Waals surface area contributed by atoms with E-state index in [2.05, 4.69) is 0 Å². The number of rotatable bonds is 4. The van der Waals surface area contributed by atoms with Gasteiger partial charge >= 0.3 is 30.1 Å². The first-order chi connectivity index (χ1) is 17.5. The Labute approximate surface area is 215 Å². The van der Waals surface area contributed by atoms with E-state index >= 15 is 0 Å². The van der Waals surface area contributed by atoms with Crippen LogP contribution in [0, 0.1) is 0 Å². The van der Waals surface area contributed by atoms with E-state index in [0.29, 0.717) is 9.80 Å². The number of anilines is 2. The summed E-state index contributed by atoms with van der Waals surface area (Å²) in [5.74, 6) is -5.07. The number of piperazine rings is 1. The summed E-state index contributed by atoms with van der Waals surface area (Å²) in [6.07, 6.45) is -10.1. The summed E-state index contributed by atoms with van der Waals surface area (Å²) >= 11 is 0. The summed E-state index contributed by atoms with van der Waals surface area (Å²) in [6, 6.07) is 2.97. The minimum atomic E-state index is -5.25. The highest BCUT2D eigenvalue weighted by molar-refractivity contribution is 6.05. The SMILES string of the molecule is CC(C)(C)OC(=O)c1ccc(N2CCN(C(=O)C(F)(F)F)CC2)cc1N(C(=O)C(F)(F)F)C1CCOCC1. The molecule has 0 saturated carbocycles. The summed E-state index contributed by atoms with van der Waals surface area (Å²) in [4.78, 5) is 40.0. The van der Waals surface area contributed by atoms with Gasteiger partial charge < -0.3 is 24.2 Å². The summed E-state index contributed by atoms with van der Waals surface area (Å²) in [5.41, 5.74) is -1.29. The molecule has 0 unspecified atom stereocenters. The number of alkyl halides is 6. The molecule has 0 N–H and O–H groups in total. The molecule has 38 heavy (non-hydrogen) atoms. The van der Waals surface area contributed by atoms with Crippen molar-refractivity contribution < 1.29 is 50.2 Å². The first kappa shape index (κ1) is 29.5.